The molecule has 0 radical (unpaired) electrons. The molecule has 1 unspecified atom stereocenters. The van der Waals surface area contributed by atoms with E-state index in [-0.39, 0.29) is 34.1 Å². The van der Waals surface area contributed by atoms with E-state index in [1.807, 2.05) is 38.1 Å². The molecule has 3 aromatic rings. The average molecular weight is 582 g/mol. The Hall–Kier alpha value is -3.36. The number of para-hydroxylation sites is 1. The Kier molecular flexibility index (Phi) is 9.87. The Morgan fingerprint density at radius 1 is 0.950 bits per heavy atom. The predicted octanol–water partition coefficient (Wildman–Crippen LogP) is 5.71. The van der Waals surface area contributed by atoms with Crippen molar-refractivity contribution in [1.29, 1.82) is 0 Å². The van der Waals surface area contributed by atoms with Crippen LogP contribution in [0.1, 0.15) is 50.2 Å². The summed E-state index contributed by atoms with van der Waals surface area (Å²) in [6.07, 6.45) is 4.36. The molecule has 2 amide bonds. The van der Waals surface area contributed by atoms with Crippen LogP contribution in [-0.2, 0) is 26.2 Å². The highest BCUT2D eigenvalue weighted by molar-refractivity contribution is 7.92. The fourth-order valence-corrected chi connectivity index (χ4v) is 6.89. The SMILES string of the molecule is CCC(C(=O)NC1CCCC1)N(Cc1ccccc1C)C(=O)CN(c1ccccc1Cl)S(=O)(=O)c1ccccc1. The fourth-order valence-electron chi connectivity index (χ4n) is 5.15. The lowest BCUT2D eigenvalue weighted by Gasteiger charge is -2.34. The molecule has 3 aromatic carbocycles. The number of nitrogens with one attached hydrogen (secondary N) is 1. The topological polar surface area (TPSA) is 86.8 Å². The molecule has 212 valence electrons. The molecule has 4 rings (SSSR count). The molecule has 1 aliphatic rings. The normalized spacial score (nSPS) is 14.5. The van der Waals surface area contributed by atoms with Gasteiger partial charge in [-0.25, -0.2) is 8.42 Å². The summed E-state index contributed by atoms with van der Waals surface area (Å²) in [5.74, 6) is -0.706. The highest BCUT2D eigenvalue weighted by Crippen LogP contribution is 2.31. The number of sulfonamides is 1. The Morgan fingerprint density at radius 2 is 1.57 bits per heavy atom. The number of nitrogens with zero attached hydrogens (tertiary/aromatic N) is 2. The second-order valence-electron chi connectivity index (χ2n) is 10.1. The molecule has 7 nitrogen and oxygen atoms in total. The lowest BCUT2D eigenvalue weighted by molar-refractivity contribution is -0.140. The van der Waals surface area contributed by atoms with Gasteiger partial charge in [0.15, 0.2) is 0 Å². The molecule has 40 heavy (non-hydrogen) atoms. The van der Waals surface area contributed by atoms with Crippen LogP contribution in [0.25, 0.3) is 0 Å². The Bertz CT molecular complexity index is 1430. The minimum atomic E-state index is -4.16. The van der Waals surface area contributed by atoms with Gasteiger partial charge in [0.1, 0.15) is 12.6 Å². The highest BCUT2D eigenvalue weighted by Gasteiger charge is 2.35. The van der Waals surface area contributed by atoms with Crippen molar-refractivity contribution in [1.82, 2.24) is 10.2 Å². The second kappa shape index (κ2) is 13.3. The van der Waals surface area contributed by atoms with Crippen LogP contribution in [0.2, 0.25) is 5.02 Å². The van der Waals surface area contributed by atoms with Gasteiger partial charge in [-0.2, -0.15) is 0 Å². The van der Waals surface area contributed by atoms with E-state index >= 15 is 0 Å². The van der Waals surface area contributed by atoms with E-state index in [1.165, 1.54) is 17.0 Å². The van der Waals surface area contributed by atoms with Crippen molar-refractivity contribution in [3.05, 3.63) is 95.0 Å². The first-order valence-corrected chi connectivity index (χ1v) is 15.5. The number of rotatable bonds is 11. The fraction of sp³-hybridized carbons (Fsp3) is 0.355. The van der Waals surface area contributed by atoms with Crippen LogP contribution >= 0.6 is 11.6 Å². The van der Waals surface area contributed by atoms with E-state index < -0.39 is 28.5 Å². The van der Waals surface area contributed by atoms with E-state index in [4.69, 9.17) is 11.6 Å². The number of halogens is 1. The molecule has 0 aliphatic heterocycles. The number of hydrogen-bond acceptors (Lipinski definition) is 4. The van der Waals surface area contributed by atoms with Gasteiger partial charge in [-0.1, -0.05) is 86.0 Å². The summed E-state index contributed by atoms with van der Waals surface area (Å²) in [7, 11) is -4.16. The van der Waals surface area contributed by atoms with Gasteiger partial charge in [0.2, 0.25) is 11.8 Å². The quantitative estimate of drug-likeness (QED) is 0.314. The number of hydrogen-bond donors (Lipinski definition) is 1. The summed E-state index contributed by atoms with van der Waals surface area (Å²) in [6.45, 7) is 3.47. The standard InChI is InChI=1S/C31H36ClN3O4S/c1-3-28(31(37)33-25-15-9-10-16-25)34(21-24-14-8-7-13-23(24)2)30(36)22-35(29-20-12-11-19-27(29)32)40(38,39)26-17-5-4-6-18-26/h4-8,11-14,17-20,25,28H,3,9-10,15-16,21-22H2,1-2H3,(H,33,37). The predicted molar refractivity (Wildman–Crippen MR) is 159 cm³/mol. The molecule has 1 fully saturated rings. The summed E-state index contributed by atoms with van der Waals surface area (Å²) in [5, 5.41) is 3.33. The summed E-state index contributed by atoms with van der Waals surface area (Å²) in [5.41, 5.74) is 2.06. The minimum absolute atomic E-state index is 0.0409. The van der Waals surface area contributed by atoms with Crippen molar-refractivity contribution in [2.75, 3.05) is 10.8 Å². The number of anilines is 1. The van der Waals surface area contributed by atoms with Crippen LogP contribution in [0.3, 0.4) is 0 Å². The molecule has 0 bridgehead atoms. The van der Waals surface area contributed by atoms with Crippen molar-refractivity contribution in [2.24, 2.45) is 0 Å². The van der Waals surface area contributed by atoms with Gasteiger partial charge in [0.05, 0.1) is 15.6 Å². The Morgan fingerprint density at radius 3 is 2.23 bits per heavy atom. The molecule has 1 aliphatic carbocycles. The summed E-state index contributed by atoms with van der Waals surface area (Å²) < 4.78 is 28.8. The zero-order valence-electron chi connectivity index (χ0n) is 22.9. The second-order valence-corrected chi connectivity index (χ2v) is 12.4. The molecular weight excluding hydrogens is 546 g/mol. The van der Waals surface area contributed by atoms with Crippen molar-refractivity contribution in [3.63, 3.8) is 0 Å². The minimum Gasteiger partial charge on any atom is -0.352 e. The number of carbonyl (C=O) groups excluding carboxylic acids is 2. The molecule has 1 N–H and O–H groups in total. The molecular formula is C31H36ClN3O4S. The third kappa shape index (κ3) is 6.85. The first kappa shape index (κ1) is 29.6. The van der Waals surface area contributed by atoms with Crippen LogP contribution in [0.15, 0.2) is 83.8 Å². The Balaban J connectivity index is 1.72. The molecule has 1 saturated carbocycles. The first-order chi connectivity index (χ1) is 19.2. The molecule has 0 aromatic heterocycles. The highest BCUT2D eigenvalue weighted by atomic mass is 35.5. The lowest BCUT2D eigenvalue weighted by Crippen LogP contribution is -2.53. The van der Waals surface area contributed by atoms with Gasteiger partial charge < -0.3 is 10.2 Å². The summed E-state index contributed by atoms with van der Waals surface area (Å²) >= 11 is 6.47. The van der Waals surface area contributed by atoms with Gasteiger partial charge >= 0.3 is 0 Å². The zero-order valence-corrected chi connectivity index (χ0v) is 24.5. The number of amides is 2. The smallest absolute Gasteiger partial charge is 0.264 e. The maximum atomic E-state index is 14.2. The molecule has 0 heterocycles. The summed E-state index contributed by atoms with van der Waals surface area (Å²) in [6, 6.07) is 21.5. The van der Waals surface area contributed by atoms with E-state index in [1.54, 1.807) is 42.5 Å². The summed E-state index contributed by atoms with van der Waals surface area (Å²) in [4.78, 5) is 29.2. The van der Waals surface area contributed by atoms with E-state index in [9.17, 15) is 18.0 Å². The Labute approximate surface area is 242 Å². The number of carbonyl (C=O) groups is 2. The van der Waals surface area contributed by atoms with Gasteiger partial charge in [-0.05, 0) is 61.6 Å². The molecule has 9 heteroatoms. The third-order valence-corrected chi connectivity index (χ3v) is 9.51. The van der Waals surface area contributed by atoms with Gasteiger partial charge in [0.25, 0.3) is 10.0 Å². The maximum Gasteiger partial charge on any atom is 0.264 e. The van der Waals surface area contributed by atoms with Crippen LogP contribution in [-0.4, -0.2) is 43.8 Å². The van der Waals surface area contributed by atoms with Crippen LogP contribution < -0.4 is 9.62 Å². The van der Waals surface area contributed by atoms with E-state index in [2.05, 4.69) is 5.32 Å². The van der Waals surface area contributed by atoms with Crippen LogP contribution in [0, 0.1) is 6.92 Å². The number of aryl methyl sites for hydroxylation is 1. The van der Waals surface area contributed by atoms with Gasteiger partial charge in [-0.15, -0.1) is 0 Å². The lowest BCUT2D eigenvalue weighted by atomic mass is 10.1. The van der Waals surface area contributed by atoms with E-state index in [0.29, 0.717) is 6.42 Å². The van der Waals surface area contributed by atoms with Gasteiger partial charge in [0, 0.05) is 12.6 Å². The zero-order chi connectivity index (χ0) is 28.7. The maximum absolute atomic E-state index is 14.2. The monoisotopic (exact) mass is 581 g/mol. The number of benzene rings is 3. The molecule has 0 saturated heterocycles. The third-order valence-electron chi connectivity index (χ3n) is 7.42. The largest absolute Gasteiger partial charge is 0.352 e. The molecule has 1 atom stereocenters. The van der Waals surface area contributed by atoms with E-state index in [0.717, 1.165) is 41.1 Å². The average Bonchev–Trinajstić information content (AvgIpc) is 3.46. The first-order valence-electron chi connectivity index (χ1n) is 13.7. The van der Waals surface area contributed by atoms with Crippen molar-refractivity contribution in [2.45, 2.75) is 69.5 Å². The van der Waals surface area contributed by atoms with Crippen molar-refractivity contribution >= 4 is 39.1 Å². The molecule has 0 spiro atoms. The van der Waals surface area contributed by atoms with Crippen molar-refractivity contribution in [3.8, 4) is 0 Å². The van der Waals surface area contributed by atoms with Crippen LogP contribution in [0.4, 0.5) is 5.69 Å². The van der Waals surface area contributed by atoms with Gasteiger partial charge in [-0.3, -0.25) is 13.9 Å². The van der Waals surface area contributed by atoms with Crippen molar-refractivity contribution < 1.29 is 18.0 Å². The van der Waals surface area contributed by atoms with Crippen LogP contribution in [0.5, 0.6) is 0 Å².